The Morgan fingerprint density at radius 2 is 1.63 bits per heavy atom. The summed E-state index contributed by atoms with van der Waals surface area (Å²) in [5, 5.41) is 44.2. The zero-order chi connectivity index (χ0) is 39.6. The number of carbonyl (C=O) groups is 1. The van der Waals surface area contributed by atoms with Gasteiger partial charge in [0.15, 0.2) is 29.3 Å². The highest BCUT2D eigenvalue weighted by Gasteiger charge is 2.48. The van der Waals surface area contributed by atoms with E-state index in [0.29, 0.717) is 55.5 Å². The number of imidazole rings is 1. The van der Waals surface area contributed by atoms with Crippen LogP contribution in [0.15, 0.2) is 101 Å². The third kappa shape index (κ3) is 7.49. The van der Waals surface area contributed by atoms with Crippen LogP contribution in [0.4, 0.5) is 23.1 Å². The molecule has 16 heteroatoms. The maximum absolute atomic E-state index is 12.7. The van der Waals surface area contributed by atoms with Gasteiger partial charge in [-0.15, -0.1) is 0 Å². The number of carbonyl (C=O) groups excluding carboxylic acids is 1. The summed E-state index contributed by atoms with van der Waals surface area (Å²) >= 11 is 0. The second-order valence-corrected chi connectivity index (χ2v) is 14.3. The van der Waals surface area contributed by atoms with Crippen molar-refractivity contribution in [2.75, 3.05) is 47.0 Å². The molecule has 57 heavy (non-hydrogen) atoms. The Balaban J connectivity index is 1.08. The minimum Gasteiger partial charge on any atom is -0.508 e. The molecule has 5 atom stereocenters. The molecule has 2 fully saturated rings. The second kappa shape index (κ2) is 16.0. The van der Waals surface area contributed by atoms with E-state index in [0.717, 1.165) is 16.7 Å². The Bertz CT molecular complexity index is 2400. The standard InChI is InChI=1S/C41H43N9O7/c1-2-42-39(56)36-34(54)35(55)40(57-36)50-22-45-31-37(44-20-28(24-11-5-3-6-12-24)25-13-7-4-8-14-25)47-41(48-38(31)50)49-17-16-26(21-49)46-30-29(32(52)33(30)53)43-19-23-10-9-15-27(51)18-23/h3-15,18,22,26,28,34-36,40,43,46,51,54-55H,2,16-17,19-21H2,1H3,(H,42,56)(H,44,47,48)/t26-,34+,35-,36+,40-/m1/s1. The minimum atomic E-state index is -1.49. The summed E-state index contributed by atoms with van der Waals surface area (Å²) in [7, 11) is 0. The van der Waals surface area contributed by atoms with Gasteiger partial charge >= 0.3 is 0 Å². The number of phenols is 1. The number of hydrogen-bond acceptors (Lipinski definition) is 14. The molecule has 0 saturated carbocycles. The van der Waals surface area contributed by atoms with Crippen molar-refractivity contribution in [1.29, 1.82) is 0 Å². The van der Waals surface area contributed by atoms with Gasteiger partial charge in [0.25, 0.3) is 16.8 Å². The van der Waals surface area contributed by atoms with Crippen molar-refractivity contribution in [1.82, 2.24) is 24.8 Å². The minimum absolute atomic E-state index is 0.0531. The Morgan fingerprint density at radius 1 is 0.912 bits per heavy atom. The van der Waals surface area contributed by atoms with Gasteiger partial charge in [-0.1, -0.05) is 72.8 Å². The summed E-state index contributed by atoms with van der Waals surface area (Å²) in [5.74, 6) is 0.272. The fourth-order valence-electron chi connectivity index (χ4n) is 7.55. The van der Waals surface area contributed by atoms with Crippen LogP contribution >= 0.6 is 0 Å². The predicted octanol–water partition coefficient (Wildman–Crippen LogP) is 2.43. The lowest BCUT2D eigenvalue weighted by atomic mass is 9.91. The number of fused-ring (bicyclic) bond motifs is 1. The van der Waals surface area contributed by atoms with Crippen LogP contribution in [0.25, 0.3) is 11.2 Å². The highest BCUT2D eigenvalue weighted by Crippen LogP contribution is 2.35. The summed E-state index contributed by atoms with van der Waals surface area (Å²) in [6.07, 6.45) is -3.39. The molecular weight excluding hydrogens is 731 g/mol. The maximum atomic E-state index is 12.7. The van der Waals surface area contributed by atoms with E-state index in [1.54, 1.807) is 31.2 Å². The highest BCUT2D eigenvalue weighted by atomic mass is 16.6. The summed E-state index contributed by atoms with van der Waals surface area (Å²) in [6.45, 7) is 3.66. The molecule has 7 N–H and O–H groups in total. The molecule has 6 aromatic rings. The molecule has 0 bridgehead atoms. The predicted molar refractivity (Wildman–Crippen MR) is 214 cm³/mol. The number of ether oxygens (including phenoxy) is 1. The van der Waals surface area contributed by atoms with Gasteiger partial charge in [0.2, 0.25) is 5.95 Å². The van der Waals surface area contributed by atoms with E-state index in [2.05, 4.69) is 50.5 Å². The van der Waals surface area contributed by atoms with Crippen LogP contribution in [0.3, 0.4) is 0 Å². The van der Waals surface area contributed by atoms with Gasteiger partial charge in [-0.2, -0.15) is 9.97 Å². The van der Waals surface area contributed by atoms with Gasteiger partial charge in [-0.25, -0.2) is 4.98 Å². The van der Waals surface area contributed by atoms with Crippen molar-refractivity contribution < 1.29 is 24.9 Å². The lowest BCUT2D eigenvalue weighted by Crippen LogP contribution is -2.42. The van der Waals surface area contributed by atoms with Gasteiger partial charge in [-0.3, -0.25) is 19.0 Å². The fourth-order valence-corrected chi connectivity index (χ4v) is 7.55. The number of phenolic OH excluding ortho intramolecular Hbond substituents is 1. The molecule has 2 aliphatic rings. The van der Waals surface area contributed by atoms with Gasteiger partial charge in [0.1, 0.15) is 29.3 Å². The first-order valence-electron chi connectivity index (χ1n) is 18.9. The third-order valence-corrected chi connectivity index (χ3v) is 10.5. The van der Waals surface area contributed by atoms with E-state index in [-0.39, 0.29) is 35.6 Å². The molecule has 0 radical (unpaired) electrons. The maximum Gasteiger partial charge on any atom is 0.253 e. The lowest BCUT2D eigenvalue weighted by molar-refractivity contribution is -0.137. The molecule has 1 amide bonds. The van der Waals surface area contributed by atoms with Crippen molar-refractivity contribution in [2.24, 2.45) is 0 Å². The van der Waals surface area contributed by atoms with Crippen molar-refractivity contribution in [3.63, 3.8) is 0 Å². The molecular formula is C41H43N9O7. The van der Waals surface area contributed by atoms with Gasteiger partial charge in [0, 0.05) is 44.7 Å². The van der Waals surface area contributed by atoms with Crippen LogP contribution in [0.1, 0.15) is 42.2 Å². The summed E-state index contributed by atoms with van der Waals surface area (Å²) in [6, 6.07) is 26.6. The monoisotopic (exact) mass is 773 g/mol. The zero-order valence-electron chi connectivity index (χ0n) is 31.1. The summed E-state index contributed by atoms with van der Waals surface area (Å²) in [4.78, 5) is 54.4. The van der Waals surface area contributed by atoms with E-state index < -0.39 is 41.3 Å². The Kier molecular flexibility index (Phi) is 10.6. The number of nitrogens with one attached hydrogen (secondary N) is 4. The normalized spacial score (nSPS) is 20.7. The van der Waals surface area contributed by atoms with E-state index in [9.17, 15) is 29.7 Å². The number of aliphatic hydroxyl groups excluding tert-OH is 2. The quantitative estimate of drug-likeness (QED) is 0.0792. The molecule has 4 aromatic carbocycles. The number of aliphatic hydroxyl groups is 2. The number of aromatic nitrogens is 4. The number of aromatic hydroxyl groups is 1. The van der Waals surface area contributed by atoms with Crippen LogP contribution < -0.4 is 37.0 Å². The fraction of sp³-hybridized carbons (Fsp3) is 0.317. The molecule has 2 aromatic heterocycles. The van der Waals surface area contributed by atoms with Gasteiger partial charge in [-0.05, 0) is 42.2 Å². The number of benzene rings is 3. The first kappa shape index (κ1) is 37.6. The number of anilines is 4. The largest absolute Gasteiger partial charge is 0.508 e. The lowest BCUT2D eigenvalue weighted by Gasteiger charge is -2.22. The highest BCUT2D eigenvalue weighted by molar-refractivity contribution is 5.85. The first-order valence-corrected chi connectivity index (χ1v) is 18.9. The van der Waals surface area contributed by atoms with E-state index in [1.807, 2.05) is 41.3 Å². The van der Waals surface area contributed by atoms with Crippen molar-refractivity contribution in [3.8, 4) is 5.75 Å². The summed E-state index contributed by atoms with van der Waals surface area (Å²) in [5.41, 5.74) is 2.86. The topological polar surface area (TPSA) is 216 Å². The molecule has 2 saturated heterocycles. The van der Waals surface area contributed by atoms with Crippen LogP contribution in [0.5, 0.6) is 5.75 Å². The number of amides is 1. The van der Waals surface area contributed by atoms with Gasteiger partial charge < -0.3 is 46.2 Å². The Labute approximate surface area is 326 Å². The summed E-state index contributed by atoms with van der Waals surface area (Å²) < 4.78 is 7.46. The molecule has 0 aliphatic carbocycles. The third-order valence-electron chi connectivity index (χ3n) is 10.5. The van der Waals surface area contributed by atoms with Gasteiger partial charge in [0.05, 0.1) is 6.33 Å². The van der Waals surface area contributed by atoms with Crippen LogP contribution in [0, 0.1) is 0 Å². The average molecular weight is 774 g/mol. The SMILES string of the molecule is CCNC(=O)[C@H]1O[C@@H](n2cnc3c(NCC(c4ccccc4)c4ccccc4)nc(N4CC[C@@H](Nc5c(NCc6cccc(O)c6)c(=O)c5=O)C4)nc32)[C@H](O)[C@@H]1O. The molecule has 0 unspecified atom stereocenters. The molecule has 2 aliphatic heterocycles. The molecule has 294 valence electrons. The zero-order valence-corrected chi connectivity index (χ0v) is 31.1. The number of likely N-dealkylation sites (N-methyl/N-ethyl adjacent to an activating group) is 1. The molecule has 4 heterocycles. The Hall–Kier alpha value is -6.36. The van der Waals surface area contributed by atoms with E-state index >= 15 is 0 Å². The second-order valence-electron chi connectivity index (χ2n) is 14.3. The van der Waals surface area contributed by atoms with Crippen LogP contribution in [0.2, 0.25) is 0 Å². The van der Waals surface area contributed by atoms with Crippen LogP contribution in [-0.4, -0.2) is 91.3 Å². The van der Waals surface area contributed by atoms with Crippen molar-refractivity contribution in [3.05, 3.63) is 128 Å². The Morgan fingerprint density at radius 3 is 2.33 bits per heavy atom. The molecule has 0 spiro atoms. The van der Waals surface area contributed by atoms with Crippen LogP contribution in [-0.2, 0) is 16.1 Å². The smallest absolute Gasteiger partial charge is 0.253 e. The van der Waals surface area contributed by atoms with Crippen molar-refractivity contribution in [2.45, 2.75) is 56.4 Å². The number of rotatable bonds is 14. The van der Waals surface area contributed by atoms with E-state index in [1.165, 1.54) is 10.9 Å². The first-order chi connectivity index (χ1) is 27.7. The number of hydrogen-bond donors (Lipinski definition) is 7. The number of nitrogens with zero attached hydrogens (tertiary/aromatic N) is 5. The molecule has 16 nitrogen and oxygen atoms in total. The molecule has 8 rings (SSSR count). The van der Waals surface area contributed by atoms with E-state index in [4.69, 9.17) is 14.7 Å². The average Bonchev–Trinajstić information content (AvgIpc) is 3.96. The van der Waals surface area contributed by atoms with Crippen molar-refractivity contribution >= 4 is 40.2 Å².